The van der Waals surface area contributed by atoms with Crippen LogP contribution in [0.15, 0.2) is 0 Å². The minimum Gasteiger partial charge on any atom is -0.389 e. The molecule has 0 aromatic carbocycles. The van der Waals surface area contributed by atoms with Gasteiger partial charge in [0.2, 0.25) is 0 Å². The molecule has 8 heteroatoms. The standard InChI is InChI=1S/C14H25Cl2N3O3/c1-19-6-5-17-13(19)14(21)18-7-9(20)8-22-11-4-2-3-10(15)12(11)16/h9-13,17,20H,2-8H2,1H3,(H,18,21)/t9-,10?,11?,12?,13?/m0/s1. The van der Waals surface area contributed by atoms with Crippen LogP contribution in [0.1, 0.15) is 19.3 Å². The fourth-order valence-corrected chi connectivity index (χ4v) is 3.45. The summed E-state index contributed by atoms with van der Waals surface area (Å²) < 4.78 is 5.66. The predicted molar refractivity (Wildman–Crippen MR) is 86.3 cm³/mol. The highest BCUT2D eigenvalue weighted by Gasteiger charge is 2.32. The molecule has 0 aromatic rings. The monoisotopic (exact) mass is 353 g/mol. The molecule has 0 spiro atoms. The molecule has 2 aliphatic rings. The summed E-state index contributed by atoms with van der Waals surface area (Å²) in [5.41, 5.74) is 0. The Balaban J connectivity index is 1.65. The Morgan fingerprint density at radius 1 is 1.50 bits per heavy atom. The van der Waals surface area contributed by atoms with Gasteiger partial charge >= 0.3 is 0 Å². The second-order valence-electron chi connectivity index (χ2n) is 6.00. The van der Waals surface area contributed by atoms with Crippen molar-refractivity contribution in [3.05, 3.63) is 0 Å². The zero-order valence-corrected chi connectivity index (χ0v) is 14.3. The molecule has 0 aromatic heterocycles. The van der Waals surface area contributed by atoms with E-state index in [1.54, 1.807) is 0 Å². The van der Waals surface area contributed by atoms with Gasteiger partial charge in [-0.2, -0.15) is 0 Å². The fourth-order valence-electron chi connectivity index (χ4n) is 2.80. The van der Waals surface area contributed by atoms with Crippen LogP contribution in [0.4, 0.5) is 0 Å². The van der Waals surface area contributed by atoms with E-state index in [2.05, 4.69) is 10.6 Å². The quantitative estimate of drug-likeness (QED) is 0.591. The predicted octanol–water partition coefficient (Wildman–Crippen LogP) is 0.109. The molecule has 1 heterocycles. The lowest BCUT2D eigenvalue weighted by molar-refractivity contribution is -0.126. The number of carbonyl (C=O) groups is 1. The first-order chi connectivity index (χ1) is 10.5. The molecule has 1 aliphatic carbocycles. The van der Waals surface area contributed by atoms with Gasteiger partial charge in [-0.25, -0.2) is 0 Å². The molecular formula is C14H25Cl2N3O3. The number of halogens is 2. The summed E-state index contributed by atoms with van der Waals surface area (Å²) in [6.45, 7) is 1.93. The van der Waals surface area contributed by atoms with Crippen LogP contribution in [0.3, 0.4) is 0 Å². The van der Waals surface area contributed by atoms with E-state index in [1.165, 1.54) is 0 Å². The lowest BCUT2D eigenvalue weighted by Gasteiger charge is -2.31. The Morgan fingerprint density at radius 3 is 2.95 bits per heavy atom. The molecule has 1 saturated heterocycles. The zero-order chi connectivity index (χ0) is 16.1. The molecule has 128 valence electrons. The van der Waals surface area contributed by atoms with Crippen LogP contribution in [0, 0.1) is 0 Å². The maximum Gasteiger partial charge on any atom is 0.252 e. The molecule has 5 atom stereocenters. The van der Waals surface area contributed by atoms with Gasteiger partial charge < -0.3 is 15.2 Å². The van der Waals surface area contributed by atoms with Crippen molar-refractivity contribution in [3.63, 3.8) is 0 Å². The molecular weight excluding hydrogens is 329 g/mol. The summed E-state index contributed by atoms with van der Waals surface area (Å²) in [7, 11) is 1.88. The molecule has 2 rings (SSSR count). The molecule has 1 saturated carbocycles. The van der Waals surface area contributed by atoms with Gasteiger partial charge in [0.15, 0.2) is 0 Å². The molecule has 1 aliphatic heterocycles. The third-order valence-corrected chi connectivity index (χ3v) is 5.38. The van der Waals surface area contributed by atoms with Crippen LogP contribution in [-0.2, 0) is 9.53 Å². The Labute approximate surface area is 141 Å². The van der Waals surface area contributed by atoms with Crippen LogP contribution in [0.5, 0.6) is 0 Å². The molecule has 22 heavy (non-hydrogen) atoms. The van der Waals surface area contributed by atoms with Gasteiger partial charge in [0, 0.05) is 19.6 Å². The number of alkyl halides is 2. The van der Waals surface area contributed by atoms with Crippen molar-refractivity contribution >= 4 is 29.1 Å². The number of nitrogens with zero attached hydrogens (tertiary/aromatic N) is 1. The number of hydrogen-bond acceptors (Lipinski definition) is 5. The van der Waals surface area contributed by atoms with Crippen molar-refractivity contribution in [2.24, 2.45) is 0 Å². The maximum atomic E-state index is 12.0. The van der Waals surface area contributed by atoms with E-state index in [-0.39, 0.29) is 42.1 Å². The summed E-state index contributed by atoms with van der Waals surface area (Å²) in [4.78, 5) is 13.9. The van der Waals surface area contributed by atoms with Gasteiger partial charge in [-0.15, -0.1) is 23.2 Å². The first-order valence-electron chi connectivity index (χ1n) is 7.78. The largest absolute Gasteiger partial charge is 0.389 e. The van der Waals surface area contributed by atoms with E-state index in [0.29, 0.717) is 0 Å². The molecule has 1 amide bonds. The lowest BCUT2D eigenvalue weighted by Crippen LogP contribution is -2.49. The average molecular weight is 354 g/mol. The molecule has 3 N–H and O–H groups in total. The Bertz CT molecular complexity index is 375. The topological polar surface area (TPSA) is 73.8 Å². The number of nitrogens with one attached hydrogen (secondary N) is 2. The summed E-state index contributed by atoms with van der Waals surface area (Å²) in [6, 6.07) is 0. The van der Waals surface area contributed by atoms with Crippen molar-refractivity contribution in [2.75, 3.05) is 33.3 Å². The van der Waals surface area contributed by atoms with Crippen LogP contribution >= 0.6 is 23.2 Å². The van der Waals surface area contributed by atoms with Crippen LogP contribution in [0.25, 0.3) is 0 Å². The number of likely N-dealkylation sites (N-methyl/N-ethyl adjacent to an activating group) is 1. The number of hydrogen-bond donors (Lipinski definition) is 3. The maximum absolute atomic E-state index is 12.0. The Kier molecular flexibility index (Phi) is 7.18. The SMILES string of the molecule is CN1CCNC1C(=O)NC[C@H](O)COC1CCCC(Cl)C1Cl. The zero-order valence-electron chi connectivity index (χ0n) is 12.8. The van der Waals surface area contributed by atoms with E-state index in [1.807, 2.05) is 11.9 Å². The first-order valence-corrected chi connectivity index (χ1v) is 8.65. The van der Waals surface area contributed by atoms with E-state index in [4.69, 9.17) is 27.9 Å². The van der Waals surface area contributed by atoms with Gasteiger partial charge in [0.25, 0.3) is 5.91 Å². The van der Waals surface area contributed by atoms with Gasteiger partial charge in [-0.3, -0.25) is 15.0 Å². The second-order valence-corrected chi connectivity index (χ2v) is 7.06. The van der Waals surface area contributed by atoms with Crippen molar-refractivity contribution < 1.29 is 14.6 Å². The Hall–Kier alpha value is -0.110. The highest BCUT2D eigenvalue weighted by atomic mass is 35.5. The first kappa shape index (κ1) is 18.2. The van der Waals surface area contributed by atoms with Crippen molar-refractivity contribution in [3.8, 4) is 0 Å². The van der Waals surface area contributed by atoms with Gasteiger partial charge in [0.1, 0.15) is 6.17 Å². The summed E-state index contributed by atoms with van der Waals surface area (Å²) in [6.07, 6.45) is 1.52. The molecule has 2 fully saturated rings. The number of ether oxygens (including phenoxy) is 1. The average Bonchev–Trinajstić information content (AvgIpc) is 2.92. The van der Waals surface area contributed by atoms with E-state index in [9.17, 15) is 9.90 Å². The third-order valence-electron chi connectivity index (χ3n) is 4.18. The lowest BCUT2D eigenvalue weighted by atomic mass is 9.96. The van der Waals surface area contributed by atoms with Crippen molar-refractivity contribution in [1.29, 1.82) is 0 Å². The molecule has 4 unspecified atom stereocenters. The number of aliphatic hydroxyl groups is 1. The van der Waals surface area contributed by atoms with Crippen LogP contribution in [-0.4, -0.2) is 78.3 Å². The van der Waals surface area contributed by atoms with Crippen LogP contribution < -0.4 is 10.6 Å². The summed E-state index contributed by atoms with van der Waals surface area (Å²) >= 11 is 12.3. The van der Waals surface area contributed by atoms with Gasteiger partial charge in [-0.05, 0) is 26.3 Å². The van der Waals surface area contributed by atoms with Crippen molar-refractivity contribution in [1.82, 2.24) is 15.5 Å². The normalized spacial score (nSPS) is 34.5. The highest BCUT2D eigenvalue weighted by molar-refractivity contribution is 6.30. The van der Waals surface area contributed by atoms with E-state index >= 15 is 0 Å². The van der Waals surface area contributed by atoms with E-state index in [0.717, 1.165) is 32.4 Å². The molecule has 0 bridgehead atoms. The number of amides is 1. The summed E-state index contributed by atoms with van der Waals surface area (Å²) in [5.74, 6) is -0.132. The minimum absolute atomic E-state index is 0.0822. The number of rotatable bonds is 6. The van der Waals surface area contributed by atoms with Gasteiger partial charge in [-0.1, -0.05) is 0 Å². The van der Waals surface area contributed by atoms with Crippen LogP contribution in [0.2, 0.25) is 0 Å². The molecule has 0 radical (unpaired) electrons. The minimum atomic E-state index is -0.754. The third kappa shape index (κ3) is 4.94. The number of carbonyl (C=O) groups excluding carboxylic acids is 1. The van der Waals surface area contributed by atoms with Gasteiger partial charge in [0.05, 0.1) is 29.6 Å². The fraction of sp³-hybridized carbons (Fsp3) is 0.929. The Morgan fingerprint density at radius 2 is 2.27 bits per heavy atom. The highest BCUT2D eigenvalue weighted by Crippen LogP contribution is 2.29. The number of aliphatic hydroxyl groups excluding tert-OH is 1. The van der Waals surface area contributed by atoms with E-state index < -0.39 is 6.10 Å². The second kappa shape index (κ2) is 8.66. The van der Waals surface area contributed by atoms with Crippen molar-refractivity contribution in [2.45, 2.75) is 48.4 Å². The smallest absolute Gasteiger partial charge is 0.252 e. The molecule has 6 nitrogen and oxygen atoms in total. The summed E-state index contributed by atoms with van der Waals surface area (Å²) in [5, 5.41) is 15.5.